The lowest BCUT2D eigenvalue weighted by molar-refractivity contribution is -0.118. The molecule has 1 N–H and O–H groups in total. The van der Waals surface area contributed by atoms with Crippen LogP contribution < -0.4 is 5.32 Å². The second kappa shape index (κ2) is 4.52. The summed E-state index contributed by atoms with van der Waals surface area (Å²) in [5.74, 6) is 0.625. The first-order valence-corrected chi connectivity index (χ1v) is 7.44. The van der Waals surface area contributed by atoms with Gasteiger partial charge in [0.1, 0.15) is 0 Å². The van der Waals surface area contributed by atoms with E-state index < -0.39 is 0 Å². The van der Waals surface area contributed by atoms with Gasteiger partial charge in [0.2, 0.25) is 5.91 Å². The highest BCUT2D eigenvalue weighted by atomic mass is 35.5. The molecule has 0 spiro atoms. The second-order valence-corrected chi connectivity index (χ2v) is 7.14. The molecule has 1 saturated carbocycles. The van der Waals surface area contributed by atoms with Crippen molar-refractivity contribution in [3.8, 4) is 0 Å². The Hall–Kier alpha value is -1.02. The molecule has 1 atom stereocenters. The van der Waals surface area contributed by atoms with Crippen LogP contribution in [0.1, 0.15) is 51.0 Å². The van der Waals surface area contributed by atoms with Gasteiger partial charge in [-0.3, -0.25) is 4.79 Å². The molecule has 0 aromatic heterocycles. The molecule has 1 amide bonds. The van der Waals surface area contributed by atoms with E-state index in [1.54, 1.807) is 0 Å². The lowest BCUT2D eigenvalue weighted by atomic mass is 9.68. The first-order chi connectivity index (χ1) is 8.96. The van der Waals surface area contributed by atoms with E-state index in [-0.39, 0.29) is 11.8 Å². The summed E-state index contributed by atoms with van der Waals surface area (Å²) in [6.45, 7) is 4.64. The molecule has 2 nitrogen and oxygen atoms in total. The molecule has 1 aliphatic carbocycles. The molecule has 1 aromatic carbocycles. The summed E-state index contributed by atoms with van der Waals surface area (Å²) < 4.78 is 0. The average Bonchev–Trinajstić information content (AvgIpc) is 2.65. The number of halogens is 1. The van der Waals surface area contributed by atoms with Gasteiger partial charge < -0.3 is 5.32 Å². The van der Waals surface area contributed by atoms with Crippen LogP contribution in [0.5, 0.6) is 0 Å². The van der Waals surface area contributed by atoms with E-state index in [4.69, 9.17) is 11.6 Å². The molecule has 1 aliphatic heterocycles. The molecule has 19 heavy (non-hydrogen) atoms. The van der Waals surface area contributed by atoms with E-state index in [2.05, 4.69) is 19.2 Å². The number of benzene rings is 1. The molecule has 2 aliphatic rings. The summed E-state index contributed by atoms with van der Waals surface area (Å²) >= 11 is 6.08. The highest BCUT2D eigenvalue weighted by molar-refractivity contribution is 6.31. The van der Waals surface area contributed by atoms with Crippen molar-refractivity contribution in [2.24, 2.45) is 11.3 Å². The maximum atomic E-state index is 12.2. The minimum Gasteiger partial charge on any atom is -0.325 e. The standard InChI is InChI=1S/C16H20ClNO/c1-16(2)7-5-10(6-8-16)14-12-9-11(17)3-4-13(12)18-15(14)19/h3-4,9-10,14H,5-8H2,1-2H3,(H,18,19). The lowest BCUT2D eigenvalue weighted by Crippen LogP contribution is -2.28. The third-order valence-electron chi connectivity index (χ3n) is 4.74. The molecular weight excluding hydrogens is 258 g/mol. The van der Waals surface area contributed by atoms with Gasteiger partial charge >= 0.3 is 0 Å². The van der Waals surface area contributed by atoms with Crippen LogP contribution in [0.4, 0.5) is 5.69 Å². The Morgan fingerprint density at radius 2 is 1.95 bits per heavy atom. The topological polar surface area (TPSA) is 29.1 Å². The van der Waals surface area contributed by atoms with Crippen molar-refractivity contribution >= 4 is 23.2 Å². The third kappa shape index (κ3) is 2.38. The lowest BCUT2D eigenvalue weighted by Gasteiger charge is -2.36. The number of carbonyl (C=O) groups excluding carboxylic acids is 1. The first kappa shape index (κ1) is 13.0. The monoisotopic (exact) mass is 277 g/mol. The van der Waals surface area contributed by atoms with Crippen LogP contribution in [0, 0.1) is 11.3 Å². The highest BCUT2D eigenvalue weighted by Gasteiger charge is 2.39. The van der Waals surface area contributed by atoms with Crippen molar-refractivity contribution in [2.75, 3.05) is 5.32 Å². The zero-order chi connectivity index (χ0) is 13.6. The third-order valence-corrected chi connectivity index (χ3v) is 4.98. The molecule has 102 valence electrons. The van der Waals surface area contributed by atoms with E-state index in [1.807, 2.05) is 18.2 Å². The number of hydrogen-bond acceptors (Lipinski definition) is 1. The van der Waals surface area contributed by atoms with E-state index >= 15 is 0 Å². The molecule has 1 fully saturated rings. The Labute approximate surface area is 119 Å². The Kier molecular flexibility index (Phi) is 3.09. The van der Waals surface area contributed by atoms with Crippen LogP contribution >= 0.6 is 11.6 Å². The number of hydrogen-bond donors (Lipinski definition) is 1. The number of carbonyl (C=O) groups is 1. The Morgan fingerprint density at radius 3 is 2.63 bits per heavy atom. The fourth-order valence-electron chi connectivity index (χ4n) is 3.48. The maximum Gasteiger partial charge on any atom is 0.232 e. The SMILES string of the molecule is CC1(C)CCC(C2C(=O)Nc3ccc(Cl)cc32)CC1. The van der Waals surface area contributed by atoms with Gasteiger partial charge in [0, 0.05) is 10.7 Å². The fraction of sp³-hybridized carbons (Fsp3) is 0.562. The van der Waals surface area contributed by atoms with Crippen LogP contribution in [-0.4, -0.2) is 5.91 Å². The van der Waals surface area contributed by atoms with Crippen molar-refractivity contribution in [1.82, 2.24) is 0 Å². The van der Waals surface area contributed by atoms with Crippen molar-refractivity contribution in [3.63, 3.8) is 0 Å². The average molecular weight is 278 g/mol. The summed E-state index contributed by atoms with van der Waals surface area (Å²) in [4.78, 5) is 12.2. The Bertz CT molecular complexity index is 513. The van der Waals surface area contributed by atoms with Crippen LogP contribution in [0.3, 0.4) is 0 Å². The summed E-state index contributed by atoms with van der Waals surface area (Å²) in [7, 11) is 0. The molecule has 0 saturated heterocycles. The molecule has 3 rings (SSSR count). The van der Waals surface area contributed by atoms with Gasteiger partial charge in [0.05, 0.1) is 5.92 Å². The molecule has 1 unspecified atom stereocenters. The molecule has 0 radical (unpaired) electrons. The molecular formula is C16H20ClNO. The summed E-state index contributed by atoms with van der Waals surface area (Å²) in [5.41, 5.74) is 2.48. The smallest absolute Gasteiger partial charge is 0.232 e. The fourth-order valence-corrected chi connectivity index (χ4v) is 3.66. The van der Waals surface area contributed by atoms with Crippen LogP contribution in [0.15, 0.2) is 18.2 Å². The normalized spacial score (nSPS) is 26.1. The quantitative estimate of drug-likeness (QED) is 0.799. The van der Waals surface area contributed by atoms with Crippen LogP contribution in [0.2, 0.25) is 5.02 Å². The van der Waals surface area contributed by atoms with Gasteiger partial charge in [-0.15, -0.1) is 0 Å². The molecule has 3 heteroatoms. The van der Waals surface area contributed by atoms with Gasteiger partial charge in [-0.1, -0.05) is 25.4 Å². The van der Waals surface area contributed by atoms with Crippen LogP contribution in [0.25, 0.3) is 0 Å². The number of amides is 1. The summed E-state index contributed by atoms with van der Waals surface area (Å²) in [6.07, 6.45) is 4.68. The minimum absolute atomic E-state index is 0.00444. The van der Waals surface area contributed by atoms with Gasteiger partial charge in [-0.05, 0) is 60.8 Å². The number of anilines is 1. The zero-order valence-electron chi connectivity index (χ0n) is 11.5. The molecule has 1 aromatic rings. The number of fused-ring (bicyclic) bond motifs is 1. The first-order valence-electron chi connectivity index (χ1n) is 7.07. The van der Waals surface area contributed by atoms with Crippen molar-refractivity contribution in [1.29, 1.82) is 0 Å². The summed E-state index contributed by atoms with van der Waals surface area (Å²) in [6, 6.07) is 5.72. The minimum atomic E-state index is 0.00444. The predicted octanol–water partition coefficient (Wildman–Crippen LogP) is 4.59. The maximum absolute atomic E-state index is 12.2. The van der Waals surface area contributed by atoms with E-state index in [0.29, 0.717) is 11.3 Å². The second-order valence-electron chi connectivity index (χ2n) is 6.70. The van der Waals surface area contributed by atoms with Gasteiger partial charge in [0.25, 0.3) is 0 Å². The van der Waals surface area contributed by atoms with Gasteiger partial charge in [-0.2, -0.15) is 0 Å². The van der Waals surface area contributed by atoms with E-state index in [9.17, 15) is 4.79 Å². The molecule has 0 bridgehead atoms. The Balaban J connectivity index is 1.86. The van der Waals surface area contributed by atoms with Crippen molar-refractivity contribution < 1.29 is 4.79 Å². The largest absolute Gasteiger partial charge is 0.325 e. The van der Waals surface area contributed by atoms with Crippen molar-refractivity contribution in [3.05, 3.63) is 28.8 Å². The van der Waals surface area contributed by atoms with E-state index in [0.717, 1.165) is 29.1 Å². The number of rotatable bonds is 1. The van der Waals surface area contributed by atoms with Gasteiger partial charge in [0.15, 0.2) is 0 Å². The summed E-state index contributed by atoms with van der Waals surface area (Å²) in [5, 5.41) is 3.71. The highest BCUT2D eigenvalue weighted by Crippen LogP contribution is 2.47. The van der Waals surface area contributed by atoms with Crippen LogP contribution in [-0.2, 0) is 4.79 Å². The predicted molar refractivity (Wildman–Crippen MR) is 78.6 cm³/mol. The zero-order valence-corrected chi connectivity index (χ0v) is 12.3. The molecule has 1 heterocycles. The Morgan fingerprint density at radius 1 is 1.26 bits per heavy atom. The van der Waals surface area contributed by atoms with E-state index in [1.165, 1.54) is 12.8 Å². The number of nitrogens with one attached hydrogen (secondary N) is 1. The van der Waals surface area contributed by atoms with Crippen molar-refractivity contribution in [2.45, 2.75) is 45.4 Å². The van der Waals surface area contributed by atoms with Gasteiger partial charge in [-0.25, -0.2) is 0 Å².